The Morgan fingerprint density at radius 2 is 1.83 bits per heavy atom. The molecule has 0 unspecified atom stereocenters. The average molecular weight is 335 g/mol. The van der Waals surface area contributed by atoms with Gasteiger partial charge in [0.05, 0.1) is 19.8 Å². The molecule has 2 rings (SSSR count). The van der Waals surface area contributed by atoms with Crippen molar-refractivity contribution in [1.82, 2.24) is 9.80 Å². The van der Waals surface area contributed by atoms with Gasteiger partial charge in [0.2, 0.25) is 11.8 Å². The number of rotatable bonds is 6. The second kappa shape index (κ2) is 8.30. The number of hydrogen-bond donors (Lipinski definition) is 1. The average Bonchev–Trinajstić information content (AvgIpc) is 2.60. The summed E-state index contributed by atoms with van der Waals surface area (Å²) in [5, 5.41) is 0. The first kappa shape index (κ1) is 17.7. The second-order valence-electron chi connectivity index (χ2n) is 5.42. The van der Waals surface area contributed by atoms with Gasteiger partial charge in [-0.3, -0.25) is 14.4 Å². The van der Waals surface area contributed by atoms with Crippen molar-refractivity contribution >= 4 is 17.7 Å². The lowest BCUT2D eigenvalue weighted by atomic mass is 10.2. The third kappa shape index (κ3) is 4.95. The Balaban J connectivity index is 1.78. The Bertz CT molecular complexity index is 596. The summed E-state index contributed by atoms with van der Waals surface area (Å²) in [6.07, 6.45) is 0. The number of ether oxygens (including phenoxy) is 2. The van der Waals surface area contributed by atoms with Crippen LogP contribution >= 0.6 is 0 Å². The maximum atomic E-state index is 12.1. The largest absolute Gasteiger partial charge is 0.484 e. The van der Waals surface area contributed by atoms with E-state index in [0.29, 0.717) is 37.6 Å². The van der Waals surface area contributed by atoms with E-state index in [2.05, 4.69) is 0 Å². The number of benzene rings is 1. The molecule has 1 aliphatic rings. The van der Waals surface area contributed by atoms with Crippen molar-refractivity contribution in [1.29, 1.82) is 0 Å². The molecule has 0 atom stereocenters. The zero-order valence-electron chi connectivity index (χ0n) is 13.6. The van der Waals surface area contributed by atoms with Crippen LogP contribution in [0.3, 0.4) is 0 Å². The summed E-state index contributed by atoms with van der Waals surface area (Å²) in [5.41, 5.74) is 5.51. The number of nitrogens with two attached hydrogens (primary N) is 1. The number of likely N-dealkylation sites (N-methyl/N-ethyl adjacent to an activating group) is 1. The number of primary amides is 1. The number of morpholine rings is 1. The standard InChI is InChI=1S/C16H21N3O5/c1-18(10-14(20)19-6-8-23-9-7-19)15(21)11-24-13-4-2-12(3-5-13)16(17)22/h2-5H,6-11H2,1H3,(H2,17,22). The van der Waals surface area contributed by atoms with E-state index in [1.165, 1.54) is 17.0 Å². The number of carbonyl (C=O) groups excluding carboxylic acids is 3. The summed E-state index contributed by atoms with van der Waals surface area (Å²) in [5.74, 6) is -0.504. The summed E-state index contributed by atoms with van der Waals surface area (Å²) in [6, 6.07) is 6.17. The molecular weight excluding hydrogens is 314 g/mol. The first-order valence-electron chi connectivity index (χ1n) is 7.59. The topological polar surface area (TPSA) is 102 Å². The molecule has 8 nitrogen and oxygen atoms in total. The highest BCUT2D eigenvalue weighted by molar-refractivity contribution is 5.92. The fourth-order valence-corrected chi connectivity index (χ4v) is 2.17. The van der Waals surface area contributed by atoms with Gasteiger partial charge >= 0.3 is 0 Å². The molecule has 1 aliphatic heterocycles. The van der Waals surface area contributed by atoms with Gasteiger partial charge in [0.15, 0.2) is 6.61 Å². The van der Waals surface area contributed by atoms with Crippen molar-refractivity contribution in [2.24, 2.45) is 5.73 Å². The van der Waals surface area contributed by atoms with Crippen LogP contribution in [-0.2, 0) is 14.3 Å². The van der Waals surface area contributed by atoms with Gasteiger partial charge in [-0.2, -0.15) is 0 Å². The summed E-state index contributed by atoms with van der Waals surface area (Å²) in [4.78, 5) is 38.1. The van der Waals surface area contributed by atoms with Crippen LogP contribution in [0, 0.1) is 0 Å². The van der Waals surface area contributed by atoms with Crippen LogP contribution < -0.4 is 10.5 Å². The highest BCUT2D eigenvalue weighted by atomic mass is 16.5. The Morgan fingerprint density at radius 3 is 2.42 bits per heavy atom. The highest BCUT2D eigenvalue weighted by Crippen LogP contribution is 2.12. The van der Waals surface area contributed by atoms with Gasteiger partial charge in [-0.05, 0) is 24.3 Å². The van der Waals surface area contributed by atoms with E-state index in [-0.39, 0.29) is 25.0 Å². The minimum atomic E-state index is -0.529. The Kier molecular flexibility index (Phi) is 6.14. The summed E-state index contributed by atoms with van der Waals surface area (Å²) < 4.78 is 10.6. The lowest BCUT2D eigenvalue weighted by Gasteiger charge is -2.28. The molecule has 130 valence electrons. The maximum absolute atomic E-state index is 12.1. The molecule has 1 heterocycles. The van der Waals surface area contributed by atoms with E-state index in [9.17, 15) is 14.4 Å². The Labute approximate surface area is 140 Å². The van der Waals surface area contributed by atoms with E-state index >= 15 is 0 Å². The fourth-order valence-electron chi connectivity index (χ4n) is 2.17. The van der Waals surface area contributed by atoms with Crippen molar-refractivity contribution in [2.45, 2.75) is 0 Å². The van der Waals surface area contributed by atoms with Crippen LogP contribution in [0.25, 0.3) is 0 Å². The van der Waals surface area contributed by atoms with E-state index in [4.69, 9.17) is 15.2 Å². The van der Waals surface area contributed by atoms with Crippen LogP contribution in [0.4, 0.5) is 0 Å². The van der Waals surface area contributed by atoms with Gasteiger partial charge in [-0.25, -0.2) is 0 Å². The molecule has 0 bridgehead atoms. The van der Waals surface area contributed by atoms with E-state index < -0.39 is 5.91 Å². The molecular formula is C16H21N3O5. The molecule has 0 radical (unpaired) electrons. The monoisotopic (exact) mass is 335 g/mol. The molecule has 1 fully saturated rings. The molecule has 3 amide bonds. The van der Waals surface area contributed by atoms with Crippen LogP contribution in [0.1, 0.15) is 10.4 Å². The number of carbonyl (C=O) groups is 3. The Morgan fingerprint density at radius 1 is 1.21 bits per heavy atom. The number of amides is 3. The lowest BCUT2D eigenvalue weighted by Crippen LogP contribution is -2.46. The van der Waals surface area contributed by atoms with E-state index in [1.807, 2.05) is 0 Å². The quantitative estimate of drug-likeness (QED) is 0.754. The van der Waals surface area contributed by atoms with E-state index in [1.54, 1.807) is 24.1 Å². The van der Waals surface area contributed by atoms with Gasteiger partial charge < -0.3 is 25.0 Å². The normalized spacial score (nSPS) is 14.1. The molecule has 2 N–H and O–H groups in total. The molecule has 0 spiro atoms. The Hall–Kier alpha value is -2.61. The first-order valence-corrected chi connectivity index (χ1v) is 7.59. The molecule has 1 aromatic carbocycles. The van der Waals surface area contributed by atoms with Crippen molar-refractivity contribution in [3.8, 4) is 5.75 Å². The first-order chi connectivity index (χ1) is 11.5. The van der Waals surface area contributed by atoms with Gasteiger partial charge in [0.1, 0.15) is 5.75 Å². The predicted octanol–water partition coefficient (Wildman–Crippen LogP) is -0.518. The van der Waals surface area contributed by atoms with Gasteiger partial charge in [0, 0.05) is 25.7 Å². The molecule has 0 aromatic heterocycles. The molecule has 1 saturated heterocycles. The van der Waals surface area contributed by atoms with Gasteiger partial charge in [-0.1, -0.05) is 0 Å². The van der Waals surface area contributed by atoms with Gasteiger partial charge in [-0.15, -0.1) is 0 Å². The molecule has 0 aliphatic carbocycles. The molecule has 8 heteroatoms. The summed E-state index contributed by atoms with van der Waals surface area (Å²) >= 11 is 0. The van der Waals surface area contributed by atoms with Crippen molar-refractivity contribution in [3.63, 3.8) is 0 Å². The zero-order chi connectivity index (χ0) is 17.5. The van der Waals surface area contributed by atoms with Crippen LogP contribution in [0.15, 0.2) is 24.3 Å². The smallest absolute Gasteiger partial charge is 0.260 e. The minimum absolute atomic E-state index is 0.00278. The van der Waals surface area contributed by atoms with Crippen LogP contribution in [0.5, 0.6) is 5.75 Å². The van der Waals surface area contributed by atoms with Crippen LogP contribution in [-0.4, -0.2) is 74.0 Å². The number of nitrogens with zero attached hydrogens (tertiary/aromatic N) is 2. The second-order valence-corrected chi connectivity index (χ2v) is 5.42. The lowest BCUT2D eigenvalue weighted by molar-refractivity contribution is -0.142. The molecule has 0 saturated carbocycles. The van der Waals surface area contributed by atoms with Crippen molar-refractivity contribution < 1.29 is 23.9 Å². The van der Waals surface area contributed by atoms with Gasteiger partial charge in [0.25, 0.3) is 5.91 Å². The van der Waals surface area contributed by atoms with Crippen molar-refractivity contribution in [3.05, 3.63) is 29.8 Å². The minimum Gasteiger partial charge on any atom is -0.484 e. The van der Waals surface area contributed by atoms with Crippen molar-refractivity contribution in [2.75, 3.05) is 46.5 Å². The predicted molar refractivity (Wildman–Crippen MR) is 85.5 cm³/mol. The fraction of sp³-hybridized carbons (Fsp3) is 0.438. The SMILES string of the molecule is CN(CC(=O)N1CCOCC1)C(=O)COc1ccc(C(N)=O)cc1. The highest BCUT2D eigenvalue weighted by Gasteiger charge is 2.20. The summed E-state index contributed by atoms with van der Waals surface area (Å²) in [6.45, 7) is 1.94. The summed E-state index contributed by atoms with van der Waals surface area (Å²) in [7, 11) is 1.56. The van der Waals surface area contributed by atoms with Crippen LogP contribution in [0.2, 0.25) is 0 Å². The maximum Gasteiger partial charge on any atom is 0.260 e. The molecule has 24 heavy (non-hydrogen) atoms. The zero-order valence-corrected chi connectivity index (χ0v) is 13.6. The number of hydrogen-bond acceptors (Lipinski definition) is 5. The third-order valence-electron chi connectivity index (χ3n) is 3.66. The third-order valence-corrected chi connectivity index (χ3v) is 3.66. The van der Waals surface area contributed by atoms with E-state index in [0.717, 1.165) is 0 Å². The molecule has 1 aromatic rings.